The number of aliphatic hydroxyl groups is 1. The molecule has 4 fully saturated rings. The van der Waals surface area contributed by atoms with Gasteiger partial charge < -0.3 is 9.84 Å². The van der Waals surface area contributed by atoms with Crippen LogP contribution in [0.25, 0.3) is 0 Å². The van der Waals surface area contributed by atoms with Gasteiger partial charge in [0.1, 0.15) is 0 Å². The molecule has 1 amide bonds. The van der Waals surface area contributed by atoms with E-state index in [-0.39, 0.29) is 35.7 Å². The number of para-hydroxylation sites is 1. The molecular formula is C17H17NO3. The number of carbonyl (C=O) groups is 1. The van der Waals surface area contributed by atoms with Crippen molar-refractivity contribution < 1.29 is 14.6 Å². The Morgan fingerprint density at radius 2 is 2.10 bits per heavy atom. The average molecular weight is 283 g/mol. The lowest BCUT2D eigenvalue weighted by atomic mass is 9.77. The minimum absolute atomic E-state index is 0.0491. The number of hydrogen-bond donors (Lipinski definition) is 1. The van der Waals surface area contributed by atoms with Crippen LogP contribution in [0.5, 0.6) is 0 Å². The molecule has 108 valence electrons. The first-order chi connectivity index (χ1) is 10.2. The lowest BCUT2D eigenvalue weighted by molar-refractivity contribution is -0.130. The Balaban J connectivity index is 1.71. The molecule has 4 heteroatoms. The maximum atomic E-state index is 13.0. The lowest BCUT2D eigenvalue weighted by Crippen LogP contribution is -2.49. The van der Waals surface area contributed by atoms with E-state index in [1.807, 2.05) is 30.3 Å². The van der Waals surface area contributed by atoms with E-state index in [0.717, 1.165) is 12.1 Å². The SMILES string of the molecule is C=CC12OC3C(O)C4CC3C1C4C(=O)N2c1ccccc1. The van der Waals surface area contributed by atoms with Gasteiger partial charge in [0.15, 0.2) is 5.72 Å². The Morgan fingerprint density at radius 1 is 1.33 bits per heavy atom. The zero-order valence-corrected chi connectivity index (χ0v) is 11.6. The molecule has 5 rings (SSSR count). The van der Waals surface area contributed by atoms with E-state index in [9.17, 15) is 9.90 Å². The quantitative estimate of drug-likeness (QED) is 0.838. The van der Waals surface area contributed by atoms with Crippen molar-refractivity contribution in [2.24, 2.45) is 23.7 Å². The van der Waals surface area contributed by atoms with Gasteiger partial charge in [-0.25, -0.2) is 0 Å². The minimum Gasteiger partial charge on any atom is -0.390 e. The number of nitrogens with zero attached hydrogens (tertiary/aromatic N) is 1. The van der Waals surface area contributed by atoms with Crippen LogP contribution in [0.15, 0.2) is 43.0 Å². The first-order valence-electron chi connectivity index (χ1n) is 7.57. The van der Waals surface area contributed by atoms with Crippen LogP contribution in [0, 0.1) is 23.7 Å². The van der Waals surface area contributed by atoms with Crippen LogP contribution >= 0.6 is 0 Å². The van der Waals surface area contributed by atoms with E-state index >= 15 is 0 Å². The predicted octanol–water partition coefficient (Wildman–Crippen LogP) is 1.56. The Labute approximate surface area is 123 Å². The summed E-state index contributed by atoms with van der Waals surface area (Å²) in [5.41, 5.74) is 0.0799. The maximum Gasteiger partial charge on any atom is 0.233 e. The Hall–Kier alpha value is -1.65. The van der Waals surface area contributed by atoms with E-state index in [1.165, 1.54) is 0 Å². The first-order valence-corrected chi connectivity index (χ1v) is 7.57. The van der Waals surface area contributed by atoms with E-state index in [2.05, 4.69) is 6.58 Å². The molecular weight excluding hydrogens is 266 g/mol. The molecule has 7 unspecified atom stereocenters. The van der Waals surface area contributed by atoms with Crippen molar-refractivity contribution in [3.05, 3.63) is 43.0 Å². The van der Waals surface area contributed by atoms with Crippen LogP contribution in [0.4, 0.5) is 5.69 Å². The second kappa shape index (κ2) is 3.57. The summed E-state index contributed by atoms with van der Waals surface area (Å²) in [6.07, 6.45) is 2.04. The maximum absolute atomic E-state index is 13.0. The van der Waals surface area contributed by atoms with Crippen LogP contribution in [0.1, 0.15) is 6.42 Å². The molecule has 4 nitrogen and oxygen atoms in total. The number of aliphatic hydroxyl groups excluding tert-OH is 1. The Morgan fingerprint density at radius 3 is 2.81 bits per heavy atom. The second-order valence-electron chi connectivity index (χ2n) is 6.65. The summed E-state index contributed by atoms with van der Waals surface area (Å²) < 4.78 is 6.25. The third kappa shape index (κ3) is 1.11. The standard InChI is InChI=1S/C17H17NO3/c1-2-17-13-11-8-10(14(19)15(11)21-17)12(13)16(20)18(17)9-6-4-3-5-7-9/h2-7,10-15,19H,1,8H2. The van der Waals surface area contributed by atoms with Crippen molar-refractivity contribution >= 4 is 11.6 Å². The highest BCUT2D eigenvalue weighted by atomic mass is 16.6. The lowest BCUT2D eigenvalue weighted by Gasteiger charge is -2.36. The molecule has 2 aliphatic carbocycles. The van der Waals surface area contributed by atoms with Gasteiger partial charge in [-0.15, -0.1) is 0 Å². The Bertz CT molecular complexity index is 645. The molecule has 2 aliphatic heterocycles. The number of anilines is 1. The van der Waals surface area contributed by atoms with Gasteiger partial charge in [0, 0.05) is 11.6 Å². The molecule has 0 spiro atoms. The molecule has 2 bridgehead atoms. The summed E-state index contributed by atoms with van der Waals surface area (Å²) in [6, 6.07) is 9.65. The normalized spacial score (nSPS) is 49.2. The molecule has 0 aromatic heterocycles. The molecule has 0 radical (unpaired) electrons. The van der Waals surface area contributed by atoms with Gasteiger partial charge in [-0.05, 0) is 36.5 Å². The summed E-state index contributed by atoms with van der Waals surface area (Å²) in [5, 5.41) is 10.4. The van der Waals surface area contributed by atoms with Crippen molar-refractivity contribution in [3.8, 4) is 0 Å². The van der Waals surface area contributed by atoms with E-state index in [0.29, 0.717) is 0 Å². The first kappa shape index (κ1) is 12.0. The topological polar surface area (TPSA) is 49.8 Å². The fourth-order valence-corrected chi connectivity index (χ4v) is 5.39. The van der Waals surface area contributed by atoms with Crippen LogP contribution in [-0.2, 0) is 9.53 Å². The van der Waals surface area contributed by atoms with Crippen molar-refractivity contribution in [2.45, 2.75) is 24.4 Å². The molecule has 4 aliphatic rings. The summed E-state index contributed by atoms with van der Waals surface area (Å²) >= 11 is 0. The number of fused-ring (bicyclic) bond motifs is 2. The summed E-state index contributed by atoms with van der Waals surface area (Å²) in [5.74, 6) is 0.428. The van der Waals surface area contributed by atoms with Crippen LogP contribution in [0.2, 0.25) is 0 Å². The zero-order chi connectivity index (χ0) is 14.4. The van der Waals surface area contributed by atoms with Crippen molar-refractivity contribution in [1.82, 2.24) is 0 Å². The number of ether oxygens (including phenoxy) is 1. The average Bonchev–Trinajstić information content (AvgIpc) is 3.16. The highest BCUT2D eigenvalue weighted by molar-refractivity contribution is 6.01. The van der Waals surface area contributed by atoms with Gasteiger partial charge in [0.05, 0.1) is 18.1 Å². The molecule has 7 atom stereocenters. The van der Waals surface area contributed by atoms with Gasteiger partial charge >= 0.3 is 0 Å². The van der Waals surface area contributed by atoms with E-state index in [4.69, 9.17) is 4.74 Å². The number of carbonyl (C=O) groups excluding carboxylic acids is 1. The van der Waals surface area contributed by atoms with Gasteiger partial charge in [-0.3, -0.25) is 9.69 Å². The molecule has 1 aromatic rings. The van der Waals surface area contributed by atoms with Crippen molar-refractivity contribution in [2.75, 3.05) is 4.90 Å². The highest BCUT2D eigenvalue weighted by Crippen LogP contribution is 2.68. The van der Waals surface area contributed by atoms with Crippen molar-refractivity contribution in [3.63, 3.8) is 0 Å². The largest absolute Gasteiger partial charge is 0.390 e. The smallest absolute Gasteiger partial charge is 0.233 e. The van der Waals surface area contributed by atoms with Gasteiger partial charge in [-0.1, -0.05) is 24.8 Å². The molecule has 2 saturated heterocycles. The third-order valence-corrected chi connectivity index (χ3v) is 6.02. The summed E-state index contributed by atoms with van der Waals surface area (Å²) in [6.45, 7) is 3.96. The molecule has 21 heavy (non-hydrogen) atoms. The molecule has 1 N–H and O–H groups in total. The monoisotopic (exact) mass is 283 g/mol. The van der Waals surface area contributed by atoms with Crippen molar-refractivity contribution in [1.29, 1.82) is 0 Å². The predicted molar refractivity (Wildman–Crippen MR) is 76.3 cm³/mol. The van der Waals surface area contributed by atoms with Crippen LogP contribution in [0.3, 0.4) is 0 Å². The van der Waals surface area contributed by atoms with Gasteiger partial charge in [0.2, 0.25) is 5.91 Å². The number of amides is 1. The second-order valence-corrected chi connectivity index (χ2v) is 6.65. The van der Waals surface area contributed by atoms with Gasteiger partial charge in [-0.2, -0.15) is 0 Å². The Kier molecular flexibility index (Phi) is 2.03. The molecule has 1 aromatic carbocycles. The summed E-state index contributed by atoms with van der Waals surface area (Å²) in [4.78, 5) is 14.8. The van der Waals surface area contributed by atoms with Gasteiger partial charge in [0.25, 0.3) is 0 Å². The number of hydrogen-bond acceptors (Lipinski definition) is 3. The fraction of sp³-hybridized carbons (Fsp3) is 0.471. The number of rotatable bonds is 2. The molecule has 2 heterocycles. The minimum atomic E-state index is -0.773. The number of benzene rings is 1. The zero-order valence-electron chi connectivity index (χ0n) is 11.6. The van der Waals surface area contributed by atoms with Crippen LogP contribution in [-0.4, -0.2) is 28.9 Å². The third-order valence-electron chi connectivity index (χ3n) is 6.02. The summed E-state index contributed by atoms with van der Waals surface area (Å²) in [7, 11) is 0. The fourth-order valence-electron chi connectivity index (χ4n) is 5.39. The highest BCUT2D eigenvalue weighted by Gasteiger charge is 2.77. The van der Waals surface area contributed by atoms with E-state index < -0.39 is 11.8 Å². The van der Waals surface area contributed by atoms with Crippen LogP contribution < -0.4 is 4.90 Å². The molecule has 2 saturated carbocycles. The van der Waals surface area contributed by atoms with E-state index in [1.54, 1.807) is 11.0 Å².